The summed E-state index contributed by atoms with van der Waals surface area (Å²) in [6, 6.07) is 0.697. The average Bonchev–Trinajstić information content (AvgIpc) is 2.33. The van der Waals surface area contributed by atoms with Crippen LogP contribution in [0.15, 0.2) is 12.7 Å². The Balaban J connectivity index is 4.24. The van der Waals surface area contributed by atoms with Crippen molar-refractivity contribution in [1.82, 2.24) is 4.90 Å². The molecule has 0 aromatic rings. The van der Waals surface area contributed by atoms with E-state index in [0.29, 0.717) is 6.04 Å². The molecule has 0 aliphatic rings. The molecule has 0 spiro atoms. The van der Waals surface area contributed by atoms with E-state index in [-0.39, 0.29) is 12.4 Å². The van der Waals surface area contributed by atoms with Crippen molar-refractivity contribution >= 4 is 14.6 Å². The number of hydrogen-bond donors (Lipinski definition) is 0. The third-order valence-corrected chi connectivity index (χ3v) is 5.17. The molecule has 0 aliphatic carbocycles. The molecular formula is C11H23NO4Si. The number of carbonyl (C=O) groups excluding carboxylic acids is 1. The van der Waals surface area contributed by atoms with Gasteiger partial charge in [-0.05, 0) is 33.1 Å². The summed E-state index contributed by atoms with van der Waals surface area (Å²) in [6.07, 6.45) is 2.15. The molecule has 0 saturated heterocycles. The maximum absolute atomic E-state index is 11.1. The topological polar surface area (TPSA) is 48.0 Å². The Hall–Kier alpha value is -0.533. The highest BCUT2D eigenvalue weighted by atomic mass is 28.4. The number of rotatable bonds is 10. The van der Waals surface area contributed by atoms with Gasteiger partial charge < -0.3 is 18.2 Å². The molecule has 0 aliphatic heterocycles. The van der Waals surface area contributed by atoms with Crippen LogP contribution in [0.2, 0.25) is 6.04 Å². The second-order valence-electron chi connectivity index (χ2n) is 3.96. The van der Waals surface area contributed by atoms with Crippen molar-refractivity contribution < 1.29 is 18.1 Å². The molecule has 0 atom stereocenters. The summed E-state index contributed by atoms with van der Waals surface area (Å²) in [5.74, 6) is -0.163. The van der Waals surface area contributed by atoms with Crippen LogP contribution >= 0.6 is 0 Å². The van der Waals surface area contributed by atoms with Gasteiger partial charge in [-0.1, -0.05) is 6.58 Å². The predicted molar refractivity (Wildman–Crippen MR) is 68.9 cm³/mol. The van der Waals surface area contributed by atoms with E-state index in [1.54, 1.807) is 14.2 Å². The van der Waals surface area contributed by atoms with Crippen molar-refractivity contribution in [1.29, 1.82) is 0 Å². The second-order valence-corrected chi connectivity index (χ2v) is 6.93. The first kappa shape index (κ1) is 16.5. The van der Waals surface area contributed by atoms with Crippen molar-refractivity contribution in [3.63, 3.8) is 0 Å². The van der Waals surface area contributed by atoms with E-state index >= 15 is 0 Å². The lowest BCUT2D eigenvalue weighted by Crippen LogP contribution is -2.45. The van der Waals surface area contributed by atoms with Crippen LogP contribution in [0.3, 0.4) is 0 Å². The molecular weight excluding hydrogens is 238 g/mol. The maximum Gasteiger partial charge on any atom is 0.500 e. The smallest absolute Gasteiger partial charge is 0.377 e. The lowest BCUT2D eigenvalue weighted by molar-refractivity contribution is -0.117. The van der Waals surface area contributed by atoms with Crippen molar-refractivity contribution in [3.05, 3.63) is 12.7 Å². The molecule has 6 heteroatoms. The van der Waals surface area contributed by atoms with Gasteiger partial charge in [0, 0.05) is 20.3 Å². The predicted octanol–water partition coefficient (Wildman–Crippen LogP) is 0.941. The van der Waals surface area contributed by atoms with E-state index in [1.165, 1.54) is 6.08 Å². The van der Waals surface area contributed by atoms with Gasteiger partial charge in [-0.15, -0.1) is 0 Å². The van der Waals surface area contributed by atoms with Gasteiger partial charge >= 0.3 is 8.80 Å². The molecule has 5 nitrogen and oxygen atoms in total. The third-order valence-electron chi connectivity index (χ3n) is 2.37. The van der Waals surface area contributed by atoms with E-state index < -0.39 is 8.80 Å². The standard InChI is InChI=1S/C11H23NO4Si/c1-6-11(13)10-16-17(14-4,15-5)9-7-8-12(2)3/h6H,1,7-10H2,2-5H3. The summed E-state index contributed by atoms with van der Waals surface area (Å²) in [6.45, 7) is 4.30. The molecule has 0 heterocycles. The summed E-state index contributed by atoms with van der Waals surface area (Å²) < 4.78 is 16.2. The Morgan fingerprint density at radius 3 is 2.35 bits per heavy atom. The van der Waals surface area contributed by atoms with Crippen molar-refractivity contribution in [3.8, 4) is 0 Å². The summed E-state index contributed by atoms with van der Waals surface area (Å²) in [7, 11) is 4.44. The van der Waals surface area contributed by atoms with Crippen LogP contribution in [0.5, 0.6) is 0 Å². The Morgan fingerprint density at radius 2 is 1.94 bits per heavy atom. The molecule has 0 N–H and O–H groups in total. The zero-order chi connectivity index (χ0) is 13.3. The SMILES string of the molecule is C=CC(=O)CO[Si](CCCN(C)C)(OC)OC. The lowest BCUT2D eigenvalue weighted by Gasteiger charge is -2.26. The van der Waals surface area contributed by atoms with E-state index in [9.17, 15) is 4.79 Å². The average molecular weight is 261 g/mol. The summed E-state index contributed by atoms with van der Waals surface area (Å²) in [4.78, 5) is 13.2. The van der Waals surface area contributed by atoms with E-state index in [0.717, 1.165) is 13.0 Å². The quantitative estimate of drug-likeness (QED) is 0.433. The molecule has 17 heavy (non-hydrogen) atoms. The normalized spacial score (nSPS) is 11.8. The summed E-state index contributed by atoms with van der Waals surface area (Å²) in [5, 5.41) is 0. The molecule has 0 amide bonds. The largest absolute Gasteiger partial charge is 0.500 e. The molecule has 0 rings (SSSR count). The molecule has 0 saturated carbocycles. The van der Waals surface area contributed by atoms with Crippen LogP contribution < -0.4 is 0 Å². The monoisotopic (exact) mass is 261 g/mol. The highest BCUT2D eigenvalue weighted by Gasteiger charge is 2.38. The van der Waals surface area contributed by atoms with E-state index in [2.05, 4.69) is 11.5 Å². The second kappa shape index (κ2) is 8.54. The Labute approximate surface area is 105 Å². The van der Waals surface area contributed by atoms with Gasteiger partial charge in [0.2, 0.25) is 0 Å². The minimum Gasteiger partial charge on any atom is -0.377 e. The van der Waals surface area contributed by atoms with Crippen LogP contribution in [0, 0.1) is 0 Å². The number of ketones is 1. The lowest BCUT2D eigenvalue weighted by atomic mass is 10.4. The maximum atomic E-state index is 11.1. The van der Waals surface area contributed by atoms with Gasteiger partial charge in [0.15, 0.2) is 5.78 Å². The summed E-state index contributed by atoms with van der Waals surface area (Å²) in [5.41, 5.74) is 0. The number of nitrogens with zero attached hydrogens (tertiary/aromatic N) is 1. The zero-order valence-electron chi connectivity index (χ0n) is 11.2. The molecule has 0 aromatic carbocycles. The molecule has 0 fully saturated rings. The third kappa shape index (κ3) is 6.70. The fraction of sp³-hybridized carbons (Fsp3) is 0.727. The van der Waals surface area contributed by atoms with Gasteiger partial charge in [-0.3, -0.25) is 4.79 Å². The Morgan fingerprint density at radius 1 is 1.35 bits per heavy atom. The van der Waals surface area contributed by atoms with E-state index in [4.69, 9.17) is 13.3 Å². The minimum absolute atomic E-state index is 0.0284. The van der Waals surface area contributed by atoms with Gasteiger partial charge in [0.05, 0.1) is 0 Å². The zero-order valence-corrected chi connectivity index (χ0v) is 12.2. The van der Waals surface area contributed by atoms with Gasteiger partial charge in [0.1, 0.15) is 6.61 Å². The van der Waals surface area contributed by atoms with Crippen LogP contribution in [0.4, 0.5) is 0 Å². The first-order valence-electron chi connectivity index (χ1n) is 5.54. The van der Waals surface area contributed by atoms with Crippen LogP contribution in [-0.2, 0) is 18.1 Å². The van der Waals surface area contributed by atoms with Gasteiger partial charge in [-0.25, -0.2) is 0 Å². The van der Waals surface area contributed by atoms with Gasteiger partial charge in [0.25, 0.3) is 0 Å². The van der Waals surface area contributed by atoms with E-state index in [1.807, 2.05) is 14.1 Å². The van der Waals surface area contributed by atoms with Crippen LogP contribution in [0.25, 0.3) is 0 Å². The molecule has 0 unspecified atom stereocenters. The number of hydrogen-bond acceptors (Lipinski definition) is 5. The molecule has 0 radical (unpaired) electrons. The molecule has 100 valence electrons. The fourth-order valence-corrected chi connectivity index (χ4v) is 3.24. The minimum atomic E-state index is -2.68. The highest BCUT2D eigenvalue weighted by molar-refractivity contribution is 6.60. The fourth-order valence-electron chi connectivity index (χ4n) is 1.33. The van der Waals surface area contributed by atoms with Crippen molar-refractivity contribution in [2.75, 3.05) is 41.5 Å². The Kier molecular flexibility index (Phi) is 8.27. The van der Waals surface area contributed by atoms with Crippen molar-refractivity contribution in [2.45, 2.75) is 12.5 Å². The number of carbonyl (C=O) groups is 1. The Bertz CT molecular complexity index is 242. The van der Waals surface area contributed by atoms with Crippen LogP contribution in [0.1, 0.15) is 6.42 Å². The first-order valence-corrected chi connectivity index (χ1v) is 7.47. The molecule has 0 bridgehead atoms. The van der Waals surface area contributed by atoms with Crippen molar-refractivity contribution in [2.24, 2.45) is 0 Å². The van der Waals surface area contributed by atoms with Gasteiger partial charge in [-0.2, -0.15) is 0 Å². The first-order chi connectivity index (χ1) is 7.99. The van der Waals surface area contributed by atoms with Crippen LogP contribution in [-0.4, -0.2) is 61.0 Å². The summed E-state index contributed by atoms with van der Waals surface area (Å²) >= 11 is 0. The molecule has 0 aromatic heterocycles. The highest BCUT2D eigenvalue weighted by Crippen LogP contribution is 2.16.